The number of anilines is 1. The fourth-order valence-corrected chi connectivity index (χ4v) is 6.47. The quantitative estimate of drug-likeness (QED) is 0.821. The first-order valence-electron chi connectivity index (χ1n) is 9.50. The van der Waals surface area contributed by atoms with Crippen molar-refractivity contribution in [1.29, 1.82) is 0 Å². The van der Waals surface area contributed by atoms with Crippen LogP contribution < -0.4 is 9.62 Å². The second-order valence-electron chi connectivity index (χ2n) is 8.16. The van der Waals surface area contributed by atoms with Crippen molar-refractivity contribution in [1.82, 2.24) is 9.71 Å². The summed E-state index contributed by atoms with van der Waals surface area (Å²) in [6.07, 6.45) is 7.52. The van der Waals surface area contributed by atoms with Crippen LogP contribution in [0.2, 0.25) is 0 Å². The van der Waals surface area contributed by atoms with E-state index in [0.717, 1.165) is 50.2 Å². The minimum absolute atomic E-state index is 0.126. The predicted molar refractivity (Wildman–Crippen MR) is 100 cm³/mol. The second kappa shape index (κ2) is 5.78. The van der Waals surface area contributed by atoms with E-state index in [1.807, 2.05) is 18.3 Å². The van der Waals surface area contributed by atoms with Crippen molar-refractivity contribution in [3.05, 3.63) is 30.5 Å². The Hall–Kier alpha value is -1.44. The van der Waals surface area contributed by atoms with Gasteiger partial charge in [-0.2, -0.15) is 0 Å². The molecule has 1 aromatic heterocycles. The SMILES string of the molecule is C=Cc1ccc(N2C[C@@H]3[C@H](CNS(=O)(=O)C4CC4)[C@H]4CC[C@]3(C2)O4)nc1. The van der Waals surface area contributed by atoms with Crippen molar-refractivity contribution in [2.45, 2.75) is 42.6 Å². The minimum atomic E-state index is -3.14. The highest BCUT2D eigenvalue weighted by Gasteiger charge is 2.63. The molecule has 3 saturated heterocycles. The number of sulfonamides is 1. The van der Waals surface area contributed by atoms with Crippen LogP contribution in [0.3, 0.4) is 0 Å². The van der Waals surface area contributed by atoms with Crippen molar-refractivity contribution < 1.29 is 13.2 Å². The zero-order chi connectivity index (χ0) is 17.9. The average molecular weight is 375 g/mol. The van der Waals surface area contributed by atoms with Crippen LogP contribution in [0, 0.1) is 11.8 Å². The second-order valence-corrected chi connectivity index (χ2v) is 10.2. The Kier molecular flexibility index (Phi) is 3.71. The molecular weight excluding hydrogens is 350 g/mol. The molecule has 1 saturated carbocycles. The molecule has 1 aliphatic carbocycles. The molecule has 4 aliphatic rings. The summed E-state index contributed by atoms with van der Waals surface area (Å²) < 4.78 is 33.7. The Morgan fingerprint density at radius 2 is 2.23 bits per heavy atom. The van der Waals surface area contributed by atoms with Crippen molar-refractivity contribution in [3.63, 3.8) is 0 Å². The molecule has 0 radical (unpaired) electrons. The molecule has 6 nitrogen and oxygen atoms in total. The van der Waals surface area contributed by atoms with Gasteiger partial charge in [0.15, 0.2) is 0 Å². The summed E-state index contributed by atoms with van der Waals surface area (Å²) in [5.41, 5.74) is 0.884. The number of hydrogen-bond acceptors (Lipinski definition) is 5. The molecule has 4 atom stereocenters. The summed E-state index contributed by atoms with van der Waals surface area (Å²) in [5, 5.41) is -0.163. The van der Waals surface area contributed by atoms with E-state index in [1.165, 1.54) is 0 Å². The van der Waals surface area contributed by atoms with Gasteiger partial charge in [-0.15, -0.1) is 0 Å². The molecular formula is C19H25N3O3S. The van der Waals surface area contributed by atoms with E-state index in [4.69, 9.17) is 4.74 Å². The van der Waals surface area contributed by atoms with Crippen LogP contribution in [0.25, 0.3) is 6.08 Å². The van der Waals surface area contributed by atoms with Crippen LogP contribution in [0.5, 0.6) is 0 Å². The number of pyridine rings is 1. The molecule has 1 N–H and O–H groups in total. The fourth-order valence-electron chi connectivity index (χ4n) is 5.05. The zero-order valence-corrected chi connectivity index (χ0v) is 15.6. The molecule has 1 aromatic rings. The van der Waals surface area contributed by atoms with Gasteiger partial charge in [-0.25, -0.2) is 18.1 Å². The van der Waals surface area contributed by atoms with Crippen LogP contribution in [-0.4, -0.2) is 50.0 Å². The molecule has 7 heteroatoms. The number of hydrogen-bond donors (Lipinski definition) is 1. The maximum Gasteiger partial charge on any atom is 0.214 e. The third-order valence-electron chi connectivity index (χ3n) is 6.60. The van der Waals surface area contributed by atoms with Gasteiger partial charge >= 0.3 is 0 Å². The van der Waals surface area contributed by atoms with Gasteiger partial charge in [0, 0.05) is 37.7 Å². The van der Waals surface area contributed by atoms with Gasteiger partial charge in [-0.1, -0.05) is 12.7 Å². The standard InChI is InChI=1S/C19H25N3O3S/c1-2-13-3-6-18(20-9-13)22-11-16-15(10-21-26(23,24)14-4-5-14)17-7-8-19(16,12-22)25-17/h2-3,6,9,14-17,21H,1,4-5,7-8,10-12H2/t15-,16+,17+,19+/m0/s1. The van der Waals surface area contributed by atoms with Crippen LogP contribution in [0.1, 0.15) is 31.2 Å². The lowest BCUT2D eigenvalue weighted by atomic mass is 9.74. The highest BCUT2D eigenvalue weighted by atomic mass is 32.2. The Bertz CT molecular complexity index is 821. The topological polar surface area (TPSA) is 71.5 Å². The number of nitrogens with one attached hydrogen (secondary N) is 1. The molecule has 4 heterocycles. The number of aromatic nitrogens is 1. The first kappa shape index (κ1) is 16.7. The van der Waals surface area contributed by atoms with Gasteiger partial charge in [0.25, 0.3) is 0 Å². The van der Waals surface area contributed by atoms with Gasteiger partial charge in [0.1, 0.15) is 5.82 Å². The molecule has 1 spiro atoms. The van der Waals surface area contributed by atoms with E-state index < -0.39 is 10.0 Å². The molecule has 0 unspecified atom stereocenters. The Morgan fingerprint density at radius 1 is 1.38 bits per heavy atom. The van der Waals surface area contributed by atoms with Gasteiger partial charge in [0.05, 0.1) is 17.0 Å². The summed E-state index contributed by atoms with van der Waals surface area (Å²) in [6.45, 7) is 6.01. The molecule has 5 rings (SSSR count). The number of ether oxygens (including phenoxy) is 1. The van der Waals surface area contributed by atoms with Crippen molar-refractivity contribution in [2.24, 2.45) is 11.8 Å². The summed E-state index contributed by atoms with van der Waals surface area (Å²) in [6, 6.07) is 4.06. The van der Waals surface area contributed by atoms with Crippen molar-refractivity contribution >= 4 is 21.9 Å². The summed E-state index contributed by atoms with van der Waals surface area (Å²) in [5.74, 6) is 1.59. The van der Waals surface area contributed by atoms with E-state index in [-0.39, 0.29) is 22.9 Å². The minimum Gasteiger partial charge on any atom is -0.369 e. The number of nitrogens with zero attached hydrogens (tertiary/aromatic N) is 2. The van der Waals surface area contributed by atoms with Crippen LogP contribution >= 0.6 is 0 Å². The van der Waals surface area contributed by atoms with Crippen molar-refractivity contribution in [2.75, 3.05) is 24.5 Å². The highest BCUT2D eigenvalue weighted by molar-refractivity contribution is 7.90. The fraction of sp³-hybridized carbons (Fsp3) is 0.632. The summed E-state index contributed by atoms with van der Waals surface area (Å²) >= 11 is 0. The van der Waals surface area contributed by atoms with E-state index in [2.05, 4.69) is 21.2 Å². The number of rotatable bonds is 6. The zero-order valence-electron chi connectivity index (χ0n) is 14.8. The monoisotopic (exact) mass is 375 g/mol. The number of fused-ring (bicyclic) bond motifs is 1. The van der Waals surface area contributed by atoms with Gasteiger partial charge in [-0.3, -0.25) is 0 Å². The normalized spacial score (nSPS) is 35.7. The Morgan fingerprint density at radius 3 is 2.92 bits per heavy atom. The maximum absolute atomic E-state index is 12.2. The largest absolute Gasteiger partial charge is 0.369 e. The van der Waals surface area contributed by atoms with Crippen molar-refractivity contribution in [3.8, 4) is 0 Å². The lowest BCUT2D eigenvalue weighted by Crippen LogP contribution is -2.42. The summed E-state index contributed by atoms with van der Waals surface area (Å²) in [4.78, 5) is 6.86. The highest BCUT2D eigenvalue weighted by Crippen LogP contribution is 2.55. The van der Waals surface area contributed by atoms with E-state index in [0.29, 0.717) is 12.5 Å². The van der Waals surface area contributed by atoms with E-state index in [9.17, 15) is 8.42 Å². The van der Waals surface area contributed by atoms with E-state index in [1.54, 1.807) is 6.08 Å². The molecule has 26 heavy (non-hydrogen) atoms. The molecule has 0 amide bonds. The third-order valence-corrected chi connectivity index (χ3v) is 8.52. The average Bonchev–Trinajstić information content (AvgIpc) is 3.25. The first-order valence-corrected chi connectivity index (χ1v) is 11.1. The lowest BCUT2D eigenvalue weighted by molar-refractivity contribution is 0.0142. The molecule has 4 fully saturated rings. The predicted octanol–water partition coefficient (Wildman–Crippen LogP) is 1.79. The van der Waals surface area contributed by atoms with Gasteiger partial charge < -0.3 is 9.64 Å². The smallest absolute Gasteiger partial charge is 0.214 e. The molecule has 3 aliphatic heterocycles. The molecule has 2 bridgehead atoms. The van der Waals surface area contributed by atoms with E-state index >= 15 is 0 Å². The first-order chi connectivity index (χ1) is 12.5. The van der Waals surface area contributed by atoms with Crippen LogP contribution in [0.4, 0.5) is 5.82 Å². The maximum atomic E-state index is 12.2. The third kappa shape index (κ3) is 2.60. The Labute approximate surface area is 154 Å². The van der Waals surface area contributed by atoms with Crippen LogP contribution in [0.15, 0.2) is 24.9 Å². The Balaban J connectivity index is 1.32. The van der Waals surface area contributed by atoms with Gasteiger partial charge in [0.2, 0.25) is 10.0 Å². The molecule has 0 aromatic carbocycles. The lowest BCUT2D eigenvalue weighted by Gasteiger charge is -2.29. The molecule has 140 valence electrons. The van der Waals surface area contributed by atoms with Crippen LogP contribution in [-0.2, 0) is 14.8 Å². The summed E-state index contributed by atoms with van der Waals surface area (Å²) in [7, 11) is -3.14. The van der Waals surface area contributed by atoms with Gasteiger partial charge in [-0.05, 0) is 43.4 Å².